The number of hydrogen-bond donors (Lipinski definition) is 1. The van der Waals surface area contributed by atoms with Crippen LogP contribution in [0.5, 0.6) is 23.0 Å². The Morgan fingerprint density at radius 1 is 0.938 bits per heavy atom. The fraction of sp³-hybridized carbons (Fsp3) is 0.261. The molecule has 168 valence electrons. The van der Waals surface area contributed by atoms with Crippen molar-refractivity contribution in [2.24, 2.45) is 0 Å². The fourth-order valence-corrected chi connectivity index (χ4v) is 3.12. The topological polar surface area (TPSA) is 101 Å². The van der Waals surface area contributed by atoms with Gasteiger partial charge < -0.3 is 24.3 Å². The number of carbonyl (C=O) groups excluding carboxylic acids is 1. The Morgan fingerprint density at radius 2 is 1.59 bits per heavy atom. The van der Waals surface area contributed by atoms with Crippen molar-refractivity contribution in [1.29, 1.82) is 0 Å². The number of methoxy groups -OCH3 is 4. The van der Waals surface area contributed by atoms with E-state index in [9.17, 15) is 9.59 Å². The largest absolute Gasteiger partial charge is 0.497 e. The highest BCUT2D eigenvalue weighted by Crippen LogP contribution is 2.38. The van der Waals surface area contributed by atoms with Crippen LogP contribution in [-0.4, -0.2) is 50.4 Å². The molecule has 1 N–H and O–H groups in total. The van der Waals surface area contributed by atoms with Crippen LogP contribution in [0.4, 0.5) is 0 Å². The quantitative estimate of drug-likeness (QED) is 0.546. The first kappa shape index (κ1) is 22.7. The monoisotopic (exact) mass is 439 g/mol. The van der Waals surface area contributed by atoms with Crippen molar-refractivity contribution in [3.8, 4) is 34.3 Å². The molecule has 3 aromatic rings. The number of nitrogens with one attached hydrogen (secondary N) is 1. The molecule has 0 aliphatic heterocycles. The second-order valence-corrected chi connectivity index (χ2v) is 6.70. The maximum absolute atomic E-state index is 12.6. The van der Waals surface area contributed by atoms with Crippen LogP contribution >= 0.6 is 0 Å². The van der Waals surface area contributed by atoms with E-state index in [1.54, 1.807) is 31.4 Å². The van der Waals surface area contributed by atoms with Crippen LogP contribution in [0, 0.1) is 0 Å². The van der Waals surface area contributed by atoms with Gasteiger partial charge in [0.05, 0.1) is 40.5 Å². The molecule has 0 radical (unpaired) electrons. The summed E-state index contributed by atoms with van der Waals surface area (Å²) < 4.78 is 22.4. The Hall–Kier alpha value is -4.01. The van der Waals surface area contributed by atoms with Gasteiger partial charge in [0.2, 0.25) is 5.75 Å². The van der Waals surface area contributed by atoms with E-state index in [1.165, 1.54) is 38.3 Å². The lowest BCUT2D eigenvalue weighted by Crippen LogP contribution is -2.30. The summed E-state index contributed by atoms with van der Waals surface area (Å²) in [5.41, 5.74) is 1.51. The van der Waals surface area contributed by atoms with Crippen molar-refractivity contribution in [2.75, 3.05) is 35.0 Å². The van der Waals surface area contributed by atoms with E-state index in [2.05, 4.69) is 10.3 Å². The van der Waals surface area contributed by atoms with E-state index < -0.39 is 0 Å². The molecule has 0 aliphatic carbocycles. The zero-order valence-electron chi connectivity index (χ0n) is 18.4. The molecule has 0 bridgehead atoms. The number of amides is 1. The minimum absolute atomic E-state index is 0.215. The van der Waals surface area contributed by atoms with E-state index in [-0.39, 0.29) is 24.6 Å². The molecule has 1 amide bonds. The van der Waals surface area contributed by atoms with E-state index in [1.807, 2.05) is 12.1 Å². The van der Waals surface area contributed by atoms with Gasteiger partial charge in [-0.3, -0.25) is 14.2 Å². The average molecular weight is 439 g/mol. The van der Waals surface area contributed by atoms with Gasteiger partial charge in [-0.25, -0.2) is 4.98 Å². The molecule has 0 saturated heterocycles. The second kappa shape index (κ2) is 10.3. The van der Waals surface area contributed by atoms with Gasteiger partial charge in [0.25, 0.3) is 11.5 Å². The summed E-state index contributed by atoms with van der Waals surface area (Å²) in [4.78, 5) is 29.4. The number of benzene rings is 2. The van der Waals surface area contributed by atoms with Gasteiger partial charge >= 0.3 is 0 Å². The van der Waals surface area contributed by atoms with Gasteiger partial charge in [-0.2, -0.15) is 0 Å². The summed E-state index contributed by atoms with van der Waals surface area (Å²) in [5.74, 6) is 1.56. The third-order valence-corrected chi connectivity index (χ3v) is 4.83. The molecule has 9 heteroatoms. The highest BCUT2D eigenvalue weighted by Gasteiger charge is 2.16. The third kappa shape index (κ3) is 5.00. The van der Waals surface area contributed by atoms with Crippen molar-refractivity contribution in [3.63, 3.8) is 0 Å². The number of aromatic nitrogens is 2. The molecule has 0 aliphatic rings. The van der Waals surface area contributed by atoms with Crippen LogP contribution in [0.1, 0.15) is 10.4 Å². The van der Waals surface area contributed by atoms with Gasteiger partial charge in [-0.15, -0.1) is 0 Å². The smallest absolute Gasteiger partial charge is 0.253 e. The van der Waals surface area contributed by atoms with Gasteiger partial charge in [0.1, 0.15) is 5.75 Å². The molecule has 0 saturated carbocycles. The predicted molar refractivity (Wildman–Crippen MR) is 119 cm³/mol. The Kier molecular flexibility index (Phi) is 7.33. The van der Waals surface area contributed by atoms with Gasteiger partial charge in [0, 0.05) is 30.3 Å². The number of nitrogens with zero attached hydrogens (tertiary/aromatic N) is 2. The van der Waals surface area contributed by atoms with E-state index in [4.69, 9.17) is 18.9 Å². The lowest BCUT2D eigenvalue weighted by atomic mass is 10.1. The van der Waals surface area contributed by atoms with Crippen molar-refractivity contribution in [1.82, 2.24) is 14.9 Å². The zero-order valence-corrected chi connectivity index (χ0v) is 18.4. The van der Waals surface area contributed by atoms with E-state index in [0.29, 0.717) is 28.5 Å². The highest BCUT2D eigenvalue weighted by atomic mass is 16.5. The molecule has 1 heterocycles. The molecular formula is C23H25N3O6. The van der Waals surface area contributed by atoms with Crippen LogP contribution in [0.2, 0.25) is 0 Å². The van der Waals surface area contributed by atoms with Crippen LogP contribution in [0.15, 0.2) is 53.6 Å². The Morgan fingerprint density at radius 3 is 2.12 bits per heavy atom. The van der Waals surface area contributed by atoms with E-state index in [0.717, 1.165) is 11.3 Å². The van der Waals surface area contributed by atoms with Gasteiger partial charge in [-0.1, -0.05) is 0 Å². The third-order valence-electron chi connectivity index (χ3n) is 4.83. The maximum Gasteiger partial charge on any atom is 0.253 e. The van der Waals surface area contributed by atoms with Crippen LogP contribution < -0.4 is 29.8 Å². The summed E-state index contributed by atoms with van der Waals surface area (Å²) >= 11 is 0. The normalized spacial score (nSPS) is 10.4. The number of carbonyl (C=O) groups is 1. The molecular weight excluding hydrogens is 414 g/mol. The first-order valence-electron chi connectivity index (χ1n) is 9.79. The average Bonchev–Trinajstić information content (AvgIpc) is 2.83. The van der Waals surface area contributed by atoms with Crippen molar-refractivity contribution in [3.05, 3.63) is 64.7 Å². The summed E-state index contributed by atoms with van der Waals surface area (Å²) in [5, 5.41) is 2.78. The molecule has 3 rings (SSSR count). The summed E-state index contributed by atoms with van der Waals surface area (Å²) in [7, 11) is 6.04. The lowest BCUT2D eigenvalue weighted by Gasteiger charge is -2.14. The number of rotatable bonds is 9. The first-order chi connectivity index (χ1) is 15.5. The summed E-state index contributed by atoms with van der Waals surface area (Å²) in [6, 6.07) is 11.9. The lowest BCUT2D eigenvalue weighted by molar-refractivity contribution is 0.0951. The number of hydrogen-bond acceptors (Lipinski definition) is 7. The second-order valence-electron chi connectivity index (χ2n) is 6.70. The maximum atomic E-state index is 12.6. The molecule has 1 aromatic heterocycles. The Balaban J connectivity index is 1.66. The van der Waals surface area contributed by atoms with Gasteiger partial charge in [0.15, 0.2) is 11.5 Å². The SMILES string of the molecule is COc1ccc(-c2cc(=O)n(CCNC(=O)c3cc(OC)c(OC)c(OC)c3)cn2)cc1. The minimum Gasteiger partial charge on any atom is -0.497 e. The van der Waals surface area contributed by atoms with Crippen LogP contribution in [0.3, 0.4) is 0 Å². The molecule has 2 aromatic carbocycles. The molecule has 0 fully saturated rings. The molecule has 0 spiro atoms. The predicted octanol–water partition coefficient (Wildman–Crippen LogP) is 2.37. The van der Waals surface area contributed by atoms with Crippen LogP contribution in [-0.2, 0) is 6.54 Å². The molecule has 9 nitrogen and oxygen atoms in total. The van der Waals surface area contributed by atoms with Crippen molar-refractivity contribution in [2.45, 2.75) is 6.54 Å². The zero-order chi connectivity index (χ0) is 23.1. The highest BCUT2D eigenvalue weighted by molar-refractivity contribution is 5.95. The molecule has 0 unspecified atom stereocenters. The van der Waals surface area contributed by atoms with E-state index >= 15 is 0 Å². The van der Waals surface area contributed by atoms with Crippen molar-refractivity contribution >= 4 is 5.91 Å². The minimum atomic E-state index is -0.333. The number of ether oxygens (including phenoxy) is 4. The molecule has 0 atom stereocenters. The standard InChI is InChI=1S/C23H25N3O6/c1-29-17-7-5-15(6-8-17)18-13-21(27)26(14-25-18)10-9-24-23(28)16-11-19(30-2)22(32-4)20(12-16)31-3/h5-8,11-14H,9-10H2,1-4H3,(H,24,28). The first-order valence-corrected chi connectivity index (χ1v) is 9.79. The Bertz CT molecular complexity index is 1120. The Labute approximate surface area is 185 Å². The van der Waals surface area contributed by atoms with Gasteiger partial charge in [-0.05, 0) is 36.4 Å². The fourth-order valence-electron chi connectivity index (χ4n) is 3.12. The summed E-state index contributed by atoms with van der Waals surface area (Å²) in [6.07, 6.45) is 1.47. The summed E-state index contributed by atoms with van der Waals surface area (Å²) in [6.45, 7) is 0.504. The van der Waals surface area contributed by atoms with Crippen molar-refractivity contribution < 1.29 is 23.7 Å². The molecule has 32 heavy (non-hydrogen) atoms. The van der Waals surface area contributed by atoms with Crippen LogP contribution in [0.25, 0.3) is 11.3 Å².